The second kappa shape index (κ2) is 17.6. The van der Waals surface area contributed by atoms with Gasteiger partial charge in [-0.2, -0.15) is 0 Å². The molecule has 0 amide bonds. The van der Waals surface area contributed by atoms with Crippen LogP contribution in [0.1, 0.15) is 22.3 Å². The zero-order valence-corrected chi connectivity index (χ0v) is 42.8. The molecule has 0 aliphatic heterocycles. The van der Waals surface area contributed by atoms with Crippen LogP contribution in [0.2, 0.25) is 0 Å². The maximum Gasteiger partial charge on any atom is 0.179 e. The van der Waals surface area contributed by atoms with Crippen LogP contribution in [0.3, 0.4) is 0 Å². The predicted octanol–water partition coefficient (Wildman–Crippen LogP) is 15.3. The largest absolute Gasteiger partial charge is 0.309 e. The molecule has 15 rings (SSSR count). The second-order valence-corrected chi connectivity index (χ2v) is 24.1. The molecule has 0 saturated heterocycles. The quantitative estimate of drug-likeness (QED) is 0.101. The van der Waals surface area contributed by atoms with E-state index >= 15 is 0 Å². The molecule has 1 aliphatic rings. The molecule has 12 aromatic carbocycles. The minimum Gasteiger partial charge on any atom is -0.309 e. The first kappa shape index (κ1) is 44.0. The second-order valence-electron chi connectivity index (χ2n) is 20.3. The van der Waals surface area contributed by atoms with Crippen molar-refractivity contribution in [2.45, 2.75) is 5.41 Å². The Hall–Kier alpha value is -9.54. The van der Waals surface area contributed by atoms with Crippen molar-refractivity contribution in [3.05, 3.63) is 326 Å². The van der Waals surface area contributed by atoms with Gasteiger partial charge >= 0.3 is 0 Å². The fraction of sp³-hybridized carbons (Fsp3) is 0.0137. The Bertz CT molecular complexity index is 4360. The first-order valence-corrected chi connectivity index (χ1v) is 28.4. The van der Waals surface area contributed by atoms with Gasteiger partial charge in [0, 0.05) is 38.5 Å². The molecule has 0 fully saturated rings. The van der Waals surface area contributed by atoms with Crippen LogP contribution in [-0.4, -0.2) is 17.2 Å². The van der Waals surface area contributed by atoms with Crippen molar-refractivity contribution in [2.75, 3.05) is 0 Å². The van der Waals surface area contributed by atoms with Crippen molar-refractivity contribution in [3.8, 4) is 33.6 Å². The first-order valence-electron chi connectivity index (χ1n) is 26.4. The summed E-state index contributed by atoms with van der Waals surface area (Å²) >= 11 is 0. The number of hydrogen-bond acceptors (Lipinski definition) is 0. The average molecular weight is 983 g/mol. The zero-order chi connectivity index (χ0) is 50.2. The van der Waals surface area contributed by atoms with E-state index in [1.807, 2.05) is 0 Å². The molecule has 14 aromatic rings. The summed E-state index contributed by atoms with van der Waals surface area (Å²) in [6, 6.07) is 113. The maximum absolute atomic E-state index is 2.80. The summed E-state index contributed by atoms with van der Waals surface area (Å²) in [6.45, 7) is 0. The molecule has 2 aromatic heterocycles. The van der Waals surface area contributed by atoms with Crippen LogP contribution in [0, 0.1) is 0 Å². The Balaban J connectivity index is 0.960. The number of benzene rings is 12. The molecule has 0 bridgehead atoms. The third kappa shape index (κ3) is 6.33. The molecule has 0 atom stereocenters. The van der Waals surface area contributed by atoms with E-state index < -0.39 is 13.5 Å². The number of hydrogen-bond donors (Lipinski definition) is 0. The molecule has 0 spiro atoms. The smallest absolute Gasteiger partial charge is 0.179 e. The Labute approximate surface area is 443 Å². The molecular formula is C73H50N2Si. The SMILES string of the molecule is c1ccc(C2(c3ccccc3)c3ccccc3-c3c(-c4cccc5c6ccccc6n(-c6ccc7c(c6)c6ccccc6n7-c6cccc([Si](c7ccccc7)(c7ccccc7)c7ccccc7)c6)c45)cccc32)cc1. The van der Waals surface area contributed by atoms with Crippen molar-refractivity contribution in [2.24, 2.45) is 0 Å². The zero-order valence-electron chi connectivity index (χ0n) is 41.8. The standard InChI is InChI=1S/C73H50N2Si/c1-6-25-51(26-7-1)73(52-27-8-2-9-28-52)66-43-19-16-39-64(66)71-61(40-24-44-67(71)73)63-42-23-41-62-59-37-17-21-46-69(59)75(72(62)63)54-47-48-70-65(50-54)60-38-18-20-45-68(60)74(70)53-29-22-36-58(49-53)76(55-30-10-3-11-31-55,56-32-12-4-13-33-56)57-34-14-5-15-35-57/h1-50H. The summed E-state index contributed by atoms with van der Waals surface area (Å²) in [5.74, 6) is 0. The molecule has 0 radical (unpaired) electrons. The fourth-order valence-electron chi connectivity index (χ4n) is 13.5. The average Bonchev–Trinajstić information content (AvgIpc) is 4.19. The number of nitrogens with zero attached hydrogens (tertiary/aromatic N) is 2. The molecule has 0 saturated carbocycles. The predicted molar refractivity (Wildman–Crippen MR) is 321 cm³/mol. The minimum absolute atomic E-state index is 0.502. The van der Waals surface area contributed by atoms with E-state index in [0.29, 0.717) is 0 Å². The van der Waals surface area contributed by atoms with Gasteiger partial charge in [-0.3, -0.25) is 0 Å². The Morgan fingerprint density at radius 2 is 0.697 bits per heavy atom. The van der Waals surface area contributed by atoms with Crippen LogP contribution >= 0.6 is 0 Å². The topological polar surface area (TPSA) is 9.86 Å². The van der Waals surface area contributed by atoms with E-state index in [0.717, 1.165) is 11.4 Å². The number of fused-ring (bicyclic) bond motifs is 9. The van der Waals surface area contributed by atoms with Crippen molar-refractivity contribution in [1.82, 2.24) is 9.13 Å². The van der Waals surface area contributed by atoms with Crippen molar-refractivity contribution < 1.29 is 0 Å². The highest BCUT2D eigenvalue weighted by Crippen LogP contribution is 2.59. The molecule has 0 unspecified atom stereocenters. The number of aromatic nitrogens is 2. The normalized spacial score (nSPS) is 12.8. The summed E-state index contributed by atoms with van der Waals surface area (Å²) in [4.78, 5) is 0. The van der Waals surface area contributed by atoms with Gasteiger partial charge in [0.1, 0.15) is 0 Å². The molecular weight excluding hydrogens is 933 g/mol. The van der Waals surface area contributed by atoms with Gasteiger partial charge < -0.3 is 9.13 Å². The van der Waals surface area contributed by atoms with Gasteiger partial charge in [-0.1, -0.05) is 261 Å². The van der Waals surface area contributed by atoms with Gasteiger partial charge in [-0.05, 0) is 102 Å². The summed E-state index contributed by atoms with van der Waals surface area (Å²) in [6.07, 6.45) is 0. The number of para-hydroxylation sites is 3. The highest BCUT2D eigenvalue weighted by Gasteiger charge is 2.47. The highest BCUT2D eigenvalue weighted by atomic mass is 28.3. The Morgan fingerprint density at radius 1 is 0.263 bits per heavy atom. The van der Waals surface area contributed by atoms with Crippen LogP contribution in [0.4, 0.5) is 0 Å². The molecule has 76 heavy (non-hydrogen) atoms. The monoisotopic (exact) mass is 982 g/mol. The molecule has 3 heteroatoms. The number of rotatable bonds is 9. The van der Waals surface area contributed by atoms with Crippen molar-refractivity contribution >= 4 is 72.4 Å². The van der Waals surface area contributed by atoms with E-state index in [1.54, 1.807) is 0 Å². The van der Waals surface area contributed by atoms with Crippen LogP contribution in [-0.2, 0) is 5.41 Å². The van der Waals surface area contributed by atoms with Crippen LogP contribution in [0.15, 0.2) is 303 Å². The molecule has 2 nitrogen and oxygen atoms in total. The minimum atomic E-state index is -2.80. The lowest BCUT2D eigenvalue weighted by atomic mass is 9.67. The van der Waals surface area contributed by atoms with E-state index in [2.05, 4.69) is 312 Å². The first-order chi connectivity index (χ1) is 37.7. The lowest BCUT2D eigenvalue weighted by molar-refractivity contribution is 0.768. The van der Waals surface area contributed by atoms with E-state index in [-0.39, 0.29) is 0 Å². The molecule has 2 heterocycles. The van der Waals surface area contributed by atoms with Gasteiger partial charge in [-0.15, -0.1) is 0 Å². The Kier molecular flexibility index (Phi) is 10.2. The molecule has 1 aliphatic carbocycles. The van der Waals surface area contributed by atoms with E-state index in [1.165, 1.54) is 109 Å². The van der Waals surface area contributed by atoms with E-state index in [4.69, 9.17) is 0 Å². The lowest BCUT2D eigenvalue weighted by Gasteiger charge is -2.34. The van der Waals surface area contributed by atoms with Gasteiger partial charge in [-0.25, -0.2) is 0 Å². The third-order valence-corrected chi connectivity index (χ3v) is 21.3. The maximum atomic E-state index is 2.54. The van der Waals surface area contributed by atoms with Crippen LogP contribution in [0.25, 0.3) is 77.2 Å². The lowest BCUT2D eigenvalue weighted by Crippen LogP contribution is -2.74. The Morgan fingerprint density at radius 3 is 1.34 bits per heavy atom. The summed E-state index contributed by atoms with van der Waals surface area (Å²) in [5, 5.41) is 10.3. The molecule has 0 N–H and O–H groups in total. The van der Waals surface area contributed by atoms with E-state index in [9.17, 15) is 0 Å². The molecule has 356 valence electrons. The summed E-state index contributed by atoms with van der Waals surface area (Å²) in [7, 11) is -2.80. The van der Waals surface area contributed by atoms with Gasteiger partial charge in [0.15, 0.2) is 8.07 Å². The highest BCUT2D eigenvalue weighted by molar-refractivity contribution is 7.19. The van der Waals surface area contributed by atoms with Crippen LogP contribution in [0.5, 0.6) is 0 Å². The van der Waals surface area contributed by atoms with Gasteiger partial charge in [0.05, 0.1) is 27.5 Å². The summed E-state index contributed by atoms with van der Waals surface area (Å²) in [5.41, 5.74) is 16.6. The summed E-state index contributed by atoms with van der Waals surface area (Å²) < 4.78 is 5.03. The third-order valence-electron chi connectivity index (χ3n) is 16.5. The van der Waals surface area contributed by atoms with Crippen molar-refractivity contribution in [3.63, 3.8) is 0 Å². The van der Waals surface area contributed by atoms with Gasteiger partial charge in [0.2, 0.25) is 0 Å². The van der Waals surface area contributed by atoms with Gasteiger partial charge in [0.25, 0.3) is 0 Å². The fourth-order valence-corrected chi connectivity index (χ4v) is 18.3. The van der Waals surface area contributed by atoms with Crippen molar-refractivity contribution in [1.29, 1.82) is 0 Å². The van der Waals surface area contributed by atoms with Crippen LogP contribution < -0.4 is 20.7 Å².